The Bertz CT molecular complexity index is 1410. The van der Waals surface area contributed by atoms with E-state index in [0.29, 0.717) is 6.04 Å². The quantitative estimate of drug-likeness (QED) is 0.354. The summed E-state index contributed by atoms with van der Waals surface area (Å²) < 4.78 is 74.7. The molecule has 2 amide bonds. The van der Waals surface area contributed by atoms with Gasteiger partial charge in [0.2, 0.25) is 0 Å². The molecule has 2 aromatic carbocycles. The number of amides is 2. The highest BCUT2D eigenvalue weighted by Gasteiger charge is 2.52. The van der Waals surface area contributed by atoms with Crippen molar-refractivity contribution in [3.8, 4) is 11.5 Å². The summed E-state index contributed by atoms with van der Waals surface area (Å²) in [5.74, 6) is -3.96. The van der Waals surface area contributed by atoms with Gasteiger partial charge in [-0.05, 0) is 62.5 Å². The number of ether oxygens (including phenoxy) is 2. The van der Waals surface area contributed by atoms with Gasteiger partial charge in [0.1, 0.15) is 0 Å². The Morgan fingerprint density at radius 3 is 1.92 bits per heavy atom. The minimum Gasteiger partial charge on any atom is -0.493 e. The van der Waals surface area contributed by atoms with Crippen LogP contribution >= 0.6 is 0 Å². The number of carbonyl (C=O) groups is 3. The molecule has 2 heterocycles. The predicted octanol–water partition coefficient (Wildman–Crippen LogP) is 4.99. The lowest BCUT2D eigenvalue weighted by atomic mass is 9.65. The Balaban J connectivity index is 0.000000408. The zero-order valence-electron chi connectivity index (χ0n) is 27.9. The maximum Gasteiger partial charge on any atom is 0.490 e. The molecule has 3 fully saturated rings. The fourth-order valence-corrected chi connectivity index (χ4v) is 6.54. The van der Waals surface area contributed by atoms with E-state index in [2.05, 4.69) is 64.6 Å². The third kappa shape index (κ3) is 10.6. The van der Waals surface area contributed by atoms with E-state index in [1.54, 1.807) is 14.2 Å². The number of hydrogen-bond donors (Lipinski definition) is 3. The SMILES string of the molecule is COc1ccc([C@@]23CC[C@H](NC(=O)N4CCN(C)CC4)C[C@@H]2N(Cc2ccccc2)CC3)cc1OC.O=C(O)C(F)(F)F.O=C(O)C(F)(F)F. The van der Waals surface area contributed by atoms with Crippen LogP contribution in [0.1, 0.15) is 36.8 Å². The number of benzene rings is 2. The van der Waals surface area contributed by atoms with Crippen LogP contribution in [0.15, 0.2) is 48.5 Å². The molecule has 1 saturated carbocycles. The molecule has 11 nitrogen and oxygen atoms in total. The van der Waals surface area contributed by atoms with Crippen molar-refractivity contribution < 1.29 is 60.4 Å². The summed E-state index contributed by atoms with van der Waals surface area (Å²) in [6.45, 7) is 5.46. The topological polar surface area (TPSA) is 132 Å². The van der Waals surface area contributed by atoms with Crippen molar-refractivity contribution >= 4 is 18.0 Å². The van der Waals surface area contributed by atoms with E-state index in [1.807, 2.05) is 11.0 Å². The number of fused-ring (bicyclic) bond motifs is 1. The van der Waals surface area contributed by atoms with E-state index in [1.165, 1.54) is 11.1 Å². The number of rotatable bonds is 6. The molecule has 0 unspecified atom stereocenters. The summed E-state index contributed by atoms with van der Waals surface area (Å²) in [4.78, 5) is 37.8. The standard InChI is InChI=1S/C29H40N4O3.2C2HF3O2/c1-31-15-17-32(18-16-31)28(34)30-24-11-12-29(23-9-10-25(35-2)26(19-23)36-3)13-14-33(27(29)20-24)21-22-7-5-4-6-8-22;2*3-2(4,5)1(6)7/h4-10,19,24,27H,11-18,20-21H2,1-3H3,(H,30,34);2*(H,6,7)/t24-,27-,29-;;/m0../s1. The summed E-state index contributed by atoms with van der Waals surface area (Å²) in [6.07, 6.45) is -6.06. The highest BCUT2D eigenvalue weighted by atomic mass is 19.4. The first-order valence-corrected chi connectivity index (χ1v) is 15.8. The Kier molecular flexibility index (Phi) is 13.8. The van der Waals surface area contributed by atoms with Gasteiger partial charge >= 0.3 is 30.3 Å². The van der Waals surface area contributed by atoms with Crippen molar-refractivity contribution in [3.05, 3.63) is 59.7 Å². The Hall–Kier alpha value is -4.25. The van der Waals surface area contributed by atoms with Gasteiger partial charge in [0.25, 0.3) is 0 Å². The monoisotopic (exact) mass is 720 g/mol. The maximum absolute atomic E-state index is 13.1. The van der Waals surface area contributed by atoms with Gasteiger partial charge in [-0.3, -0.25) is 4.90 Å². The van der Waals surface area contributed by atoms with E-state index >= 15 is 0 Å². The number of methoxy groups -OCH3 is 2. The molecule has 1 aliphatic carbocycles. The minimum atomic E-state index is -5.08. The minimum absolute atomic E-state index is 0.0450. The van der Waals surface area contributed by atoms with Crippen LogP contribution in [-0.2, 0) is 21.5 Å². The number of halogens is 6. The largest absolute Gasteiger partial charge is 0.493 e. The van der Waals surface area contributed by atoms with Gasteiger partial charge < -0.3 is 34.8 Å². The third-order valence-corrected chi connectivity index (χ3v) is 9.16. The molecule has 50 heavy (non-hydrogen) atoms. The van der Waals surface area contributed by atoms with E-state index in [-0.39, 0.29) is 17.5 Å². The Labute approximate surface area is 285 Å². The maximum atomic E-state index is 13.1. The number of carboxylic acids is 2. The van der Waals surface area contributed by atoms with Crippen molar-refractivity contribution in [2.24, 2.45) is 0 Å². The second-order valence-corrected chi connectivity index (χ2v) is 12.3. The van der Waals surface area contributed by atoms with Crippen LogP contribution in [-0.4, -0.2) is 121 Å². The van der Waals surface area contributed by atoms with Gasteiger partial charge in [0, 0.05) is 50.2 Å². The number of likely N-dealkylation sites (tertiary alicyclic amines) is 1. The van der Waals surface area contributed by atoms with E-state index in [4.69, 9.17) is 29.3 Å². The van der Waals surface area contributed by atoms with Crippen molar-refractivity contribution in [1.29, 1.82) is 0 Å². The smallest absolute Gasteiger partial charge is 0.490 e. The molecule has 0 radical (unpaired) electrons. The fraction of sp³-hybridized carbons (Fsp3) is 0.545. The highest BCUT2D eigenvalue weighted by Crippen LogP contribution is 2.50. The molecular formula is C33H42F6N4O7. The van der Waals surface area contributed by atoms with Crippen molar-refractivity contribution in [2.75, 3.05) is 54.0 Å². The average Bonchev–Trinajstić information content (AvgIpc) is 3.43. The van der Waals surface area contributed by atoms with Crippen LogP contribution in [0.4, 0.5) is 31.1 Å². The highest BCUT2D eigenvalue weighted by molar-refractivity contribution is 5.75. The Morgan fingerprint density at radius 1 is 0.840 bits per heavy atom. The number of piperazine rings is 1. The van der Waals surface area contributed by atoms with E-state index < -0.39 is 24.3 Å². The first kappa shape index (κ1) is 40.2. The molecule has 3 N–H and O–H groups in total. The Morgan fingerprint density at radius 2 is 1.40 bits per heavy atom. The summed E-state index contributed by atoms with van der Waals surface area (Å²) in [6, 6.07) is 17.8. The summed E-state index contributed by atoms with van der Waals surface area (Å²) in [5.41, 5.74) is 2.71. The molecule has 17 heteroatoms. The van der Waals surface area contributed by atoms with Crippen LogP contribution in [0.25, 0.3) is 0 Å². The van der Waals surface area contributed by atoms with Gasteiger partial charge in [-0.25, -0.2) is 14.4 Å². The third-order valence-electron chi connectivity index (χ3n) is 9.16. The van der Waals surface area contributed by atoms with E-state index in [0.717, 1.165) is 76.5 Å². The molecule has 2 aliphatic heterocycles. The average molecular weight is 721 g/mol. The van der Waals surface area contributed by atoms with Crippen molar-refractivity contribution in [3.63, 3.8) is 0 Å². The lowest BCUT2D eigenvalue weighted by molar-refractivity contribution is -0.193. The molecule has 3 atom stereocenters. The molecule has 2 saturated heterocycles. The van der Waals surface area contributed by atoms with Crippen molar-refractivity contribution in [2.45, 2.75) is 62.1 Å². The molecule has 2 aromatic rings. The van der Waals surface area contributed by atoms with Gasteiger partial charge in [0.05, 0.1) is 14.2 Å². The number of nitrogens with zero attached hydrogens (tertiary/aromatic N) is 3. The summed E-state index contributed by atoms with van der Waals surface area (Å²) in [7, 11) is 5.51. The first-order chi connectivity index (χ1) is 23.4. The zero-order valence-corrected chi connectivity index (χ0v) is 27.9. The number of carbonyl (C=O) groups excluding carboxylic acids is 1. The van der Waals surface area contributed by atoms with Gasteiger partial charge in [0.15, 0.2) is 11.5 Å². The van der Waals surface area contributed by atoms with Crippen LogP contribution in [0.2, 0.25) is 0 Å². The molecule has 5 rings (SSSR count). The number of aliphatic carboxylic acids is 2. The van der Waals surface area contributed by atoms with Crippen molar-refractivity contribution in [1.82, 2.24) is 20.0 Å². The van der Waals surface area contributed by atoms with Crippen LogP contribution in [0.3, 0.4) is 0 Å². The molecule has 0 spiro atoms. The number of alkyl halides is 6. The zero-order chi connectivity index (χ0) is 37.3. The van der Waals surface area contributed by atoms with Gasteiger partial charge in [-0.2, -0.15) is 26.3 Å². The summed E-state index contributed by atoms with van der Waals surface area (Å²) in [5, 5.41) is 17.7. The molecule has 0 bridgehead atoms. The fourth-order valence-electron chi connectivity index (χ4n) is 6.54. The molecular weight excluding hydrogens is 678 g/mol. The van der Waals surface area contributed by atoms with E-state index in [9.17, 15) is 31.1 Å². The number of urea groups is 1. The van der Waals surface area contributed by atoms with Crippen LogP contribution in [0, 0.1) is 0 Å². The molecule has 3 aliphatic rings. The van der Waals surface area contributed by atoms with Crippen LogP contribution < -0.4 is 14.8 Å². The number of hydrogen-bond acceptors (Lipinski definition) is 7. The van der Waals surface area contributed by atoms with Gasteiger partial charge in [-0.15, -0.1) is 0 Å². The number of likely N-dealkylation sites (N-methyl/N-ethyl adjacent to an activating group) is 1. The van der Waals surface area contributed by atoms with Crippen LogP contribution in [0.5, 0.6) is 11.5 Å². The summed E-state index contributed by atoms with van der Waals surface area (Å²) >= 11 is 0. The normalized spacial score (nSPS) is 22.5. The number of nitrogens with one attached hydrogen (secondary N) is 1. The predicted molar refractivity (Wildman–Crippen MR) is 169 cm³/mol. The first-order valence-electron chi connectivity index (χ1n) is 15.8. The lowest BCUT2D eigenvalue weighted by Gasteiger charge is -2.46. The molecule has 0 aromatic heterocycles. The second kappa shape index (κ2) is 17.1. The molecule has 278 valence electrons. The lowest BCUT2D eigenvalue weighted by Crippen LogP contribution is -2.56. The van der Waals surface area contributed by atoms with Gasteiger partial charge in [-0.1, -0.05) is 36.4 Å². The number of carboxylic acid groups (broad SMARTS) is 2. The second-order valence-electron chi connectivity index (χ2n) is 12.3.